The molecule has 82 valence electrons. The largest absolute Gasteiger partial charge is 0.512 e. The number of aliphatic hydroxyl groups is 1. The molecule has 3 rings (SSSR count). The smallest absolute Gasteiger partial charge is 0.335 e. The van der Waals surface area contributed by atoms with Gasteiger partial charge in [-0.25, -0.2) is 4.79 Å². The van der Waals surface area contributed by atoms with Crippen molar-refractivity contribution in [1.82, 2.24) is 0 Å². The molecule has 0 saturated heterocycles. The van der Waals surface area contributed by atoms with Crippen LogP contribution in [0.5, 0.6) is 0 Å². The highest BCUT2D eigenvalue weighted by atomic mass is 16.6. The molecule has 3 heteroatoms. The first-order valence-electron chi connectivity index (χ1n) is 5.40. The molecule has 1 aromatic rings. The van der Waals surface area contributed by atoms with Gasteiger partial charge < -0.3 is 9.84 Å². The highest BCUT2D eigenvalue weighted by molar-refractivity contribution is 5.84. The van der Waals surface area contributed by atoms with E-state index in [0.29, 0.717) is 6.42 Å². The van der Waals surface area contributed by atoms with Crippen LogP contribution < -0.4 is 0 Å². The van der Waals surface area contributed by atoms with E-state index in [-0.39, 0.29) is 5.76 Å². The first kappa shape index (κ1) is 9.46. The van der Waals surface area contributed by atoms with Gasteiger partial charge in [-0.2, -0.15) is 0 Å². The Hall–Kier alpha value is -1.77. The van der Waals surface area contributed by atoms with Crippen LogP contribution in [0.4, 0.5) is 0 Å². The molecule has 1 aromatic carbocycles. The fourth-order valence-corrected chi connectivity index (χ4v) is 2.68. The maximum absolute atomic E-state index is 11.4. The van der Waals surface area contributed by atoms with Crippen LogP contribution in [0.25, 0.3) is 0 Å². The van der Waals surface area contributed by atoms with Crippen LogP contribution in [0.3, 0.4) is 0 Å². The molecule has 1 spiro atoms. The number of carbonyl (C=O) groups is 1. The first-order valence-corrected chi connectivity index (χ1v) is 5.40. The summed E-state index contributed by atoms with van der Waals surface area (Å²) in [5.41, 5.74) is 1.64. The maximum Gasteiger partial charge on any atom is 0.335 e. The number of ether oxygens (including phenoxy) is 1. The summed E-state index contributed by atoms with van der Waals surface area (Å²) in [5, 5.41) is 9.59. The second-order valence-electron chi connectivity index (χ2n) is 4.38. The van der Waals surface area contributed by atoms with Crippen molar-refractivity contribution in [3.05, 3.63) is 47.2 Å². The van der Waals surface area contributed by atoms with Crippen molar-refractivity contribution >= 4 is 5.97 Å². The normalized spacial score (nSPS) is 27.5. The molecule has 1 atom stereocenters. The van der Waals surface area contributed by atoms with E-state index in [1.165, 1.54) is 5.56 Å². The van der Waals surface area contributed by atoms with Gasteiger partial charge in [0.2, 0.25) is 0 Å². The number of fused-ring (bicyclic) bond motifs is 2. The molecule has 0 saturated carbocycles. The third-order valence-corrected chi connectivity index (χ3v) is 3.35. The number of benzene rings is 1. The van der Waals surface area contributed by atoms with Crippen LogP contribution in [0.1, 0.15) is 24.0 Å². The Morgan fingerprint density at radius 1 is 1.31 bits per heavy atom. The molecule has 0 bridgehead atoms. The fraction of sp³-hybridized carbons (Fsp3) is 0.308. The summed E-state index contributed by atoms with van der Waals surface area (Å²) in [6.45, 7) is 0. The lowest BCUT2D eigenvalue weighted by Gasteiger charge is -2.32. The fourth-order valence-electron chi connectivity index (χ4n) is 2.68. The number of aliphatic hydroxyl groups excluding tert-OH is 1. The topological polar surface area (TPSA) is 46.5 Å². The second-order valence-corrected chi connectivity index (χ2v) is 4.38. The van der Waals surface area contributed by atoms with E-state index in [1.54, 1.807) is 0 Å². The molecule has 0 amide bonds. The number of esters is 1. The summed E-state index contributed by atoms with van der Waals surface area (Å²) in [4.78, 5) is 11.4. The molecule has 2 aliphatic rings. The summed E-state index contributed by atoms with van der Waals surface area (Å²) < 4.78 is 5.46. The Bertz CT molecular complexity index is 490. The van der Waals surface area contributed by atoms with Crippen molar-refractivity contribution in [2.45, 2.75) is 24.9 Å². The average molecular weight is 216 g/mol. The summed E-state index contributed by atoms with van der Waals surface area (Å²) in [5.74, 6) is -0.326. The summed E-state index contributed by atoms with van der Waals surface area (Å²) in [6, 6.07) is 7.95. The van der Waals surface area contributed by atoms with Crippen molar-refractivity contribution < 1.29 is 14.6 Å². The molecule has 1 unspecified atom stereocenters. The van der Waals surface area contributed by atoms with E-state index < -0.39 is 11.6 Å². The third-order valence-electron chi connectivity index (χ3n) is 3.35. The molecular weight excluding hydrogens is 204 g/mol. The molecule has 16 heavy (non-hydrogen) atoms. The molecule has 0 aromatic heterocycles. The Balaban J connectivity index is 2.09. The van der Waals surface area contributed by atoms with Crippen LogP contribution in [0.15, 0.2) is 36.1 Å². The van der Waals surface area contributed by atoms with Gasteiger partial charge in [0.25, 0.3) is 0 Å². The third kappa shape index (κ3) is 1.24. The van der Waals surface area contributed by atoms with Gasteiger partial charge in [-0.15, -0.1) is 0 Å². The zero-order valence-electron chi connectivity index (χ0n) is 8.77. The number of carbonyl (C=O) groups excluding carboxylic acids is 1. The Labute approximate surface area is 93.4 Å². The van der Waals surface area contributed by atoms with Gasteiger partial charge in [0, 0.05) is 6.42 Å². The van der Waals surface area contributed by atoms with Crippen LogP contribution in [-0.4, -0.2) is 11.1 Å². The molecule has 0 fully saturated rings. The number of hydrogen-bond acceptors (Lipinski definition) is 3. The Morgan fingerprint density at radius 2 is 2.12 bits per heavy atom. The number of aryl methyl sites for hydroxylation is 1. The molecule has 3 nitrogen and oxygen atoms in total. The van der Waals surface area contributed by atoms with Crippen molar-refractivity contribution in [1.29, 1.82) is 0 Å². The maximum atomic E-state index is 11.4. The lowest BCUT2D eigenvalue weighted by Crippen LogP contribution is -2.33. The lowest BCUT2D eigenvalue weighted by molar-refractivity contribution is -0.158. The zero-order valence-corrected chi connectivity index (χ0v) is 8.77. The highest BCUT2D eigenvalue weighted by Crippen LogP contribution is 2.45. The van der Waals surface area contributed by atoms with Gasteiger partial charge in [0.05, 0.1) is 6.08 Å². The van der Waals surface area contributed by atoms with Crippen LogP contribution in [0, 0.1) is 0 Å². The van der Waals surface area contributed by atoms with Gasteiger partial charge in [-0.3, -0.25) is 0 Å². The van der Waals surface area contributed by atoms with Crippen molar-refractivity contribution in [2.75, 3.05) is 0 Å². The molecule has 1 heterocycles. The van der Waals surface area contributed by atoms with E-state index in [1.807, 2.05) is 24.3 Å². The van der Waals surface area contributed by atoms with E-state index in [9.17, 15) is 9.90 Å². The van der Waals surface area contributed by atoms with Crippen molar-refractivity contribution in [3.63, 3.8) is 0 Å². The molecule has 0 radical (unpaired) electrons. The summed E-state index contributed by atoms with van der Waals surface area (Å²) in [7, 11) is 0. The predicted molar refractivity (Wildman–Crippen MR) is 57.9 cm³/mol. The molecule has 1 aliphatic carbocycles. The second kappa shape index (κ2) is 3.11. The minimum atomic E-state index is -0.619. The Morgan fingerprint density at radius 3 is 2.94 bits per heavy atom. The SMILES string of the molecule is O=C1C=C(O)CC2(CCc3ccccc32)O1. The number of rotatable bonds is 0. The van der Waals surface area contributed by atoms with Gasteiger partial charge in [0.1, 0.15) is 11.4 Å². The predicted octanol–water partition coefficient (Wildman–Crippen LogP) is 2.22. The minimum Gasteiger partial charge on any atom is -0.512 e. The van der Waals surface area contributed by atoms with Crippen molar-refractivity contribution in [3.8, 4) is 0 Å². The Kier molecular flexibility index (Phi) is 1.84. The van der Waals surface area contributed by atoms with Gasteiger partial charge in [-0.05, 0) is 24.0 Å². The van der Waals surface area contributed by atoms with Gasteiger partial charge in [-0.1, -0.05) is 24.3 Å². The van der Waals surface area contributed by atoms with E-state index >= 15 is 0 Å². The van der Waals surface area contributed by atoms with Crippen molar-refractivity contribution in [2.24, 2.45) is 0 Å². The number of hydrogen-bond donors (Lipinski definition) is 1. The molecule has 1 aliphatic heterocycles. The quantitative estimate of drug-likeness (QED) is 0.676. The minimum absolute atomic E-state index is 0.118. The van der Waals surface area contributed by atoms with Gasteiger partial charge in [0.15, 0.2) is 0 Å². The monoisotopic (exact) mass is 216 g/mol. The molecule has 1 N–H and O–H groups in total. The lowest BCUT2D eigenvalue weighted by atomic mass is 9.89. The first-order chi connectivity index (χ1) is 7.70. The summed E-state index contributed by atoms with van der Waals surface area (Å²) >= 11 is 0. The van der Waals surface area contributed by atoms with Gasteiger partial charge >= 0.3 is 5.97 Å². The van der Waals surface area contributed by atoms with Crippen LogP contribution >= 0.6 is 0 Å². The average Bonchev–Trinajstić information content (AvgIpc) is 2.57. The van der Waals surface area contributed by atoms with Crippen LogP contribution in [0.2, 0.25) is 0 Å². The van der Waals surface area contributed by atoms with E-state index in [0.717, 1.165) is 24.5 Å². The van der Waals surface area contributed by atoms with Crippen LogP contribution in [-0.2, 0) is 21.6 Å². The standard InChI is InChI=1S/C13H12O3/c14-10-7-12(15)16-13(8-10)6-5-9-3-1-2-4-11(9)13/h1-4,7,14H,5-6,8H2. The van der Waals surface area contributed by atoms with E-state index in [2.05, 4.69) is 0 Å². The molecular formula is C13H12O3. The van der Waals surface area contributed by atoms with E-state index in [4.69, 9.17) is 4.74 Å². The highest BCUT2D eigenvalue weighted by Gasteiger charge is 2.44. The zero-order chi connectivity index (χ0) is 11.2. The summed E-state index contributed by atoms with van der Waals surface area (Å²) in [6.07, 6.45) is 3.22.